The topological polar surface area (TPSA) is 117 Å². The fourth-order valence-electron chi connectivity index (χ4n) is 3.84. The molecule has 2 aliphatic carbocycles. The Morgan fingerprint density at radius 3 is 2.87 bits per heavy atom. The summed E-state index contributed by atoms with van der Waals surface area (Å²) in [5.41, 5.74) is 0.664. The van der Waals surface area contributed by atoms with Crippen LogP contribution in [0.2, 0.25) is 0 Å². The van der Waals surface area contributed by atoms with E-state index in [0.717, 1.165) is 51.0 Å². The Morgan fingerprint density at radius 1 is 1.19 bits per heavy atom. The van der Waals surface area contributed by atoms with E-state index in [1.807, 2.05) is 25.1 Å². The Kier molecular flexibility index (Phi) is 7.11. The molecule has 0 spiro atoms. The molecule has 0 aliphatic heterocycles. The van der Waals surface area contributed by atoms with Crippen LogP contribution in [-0.2, 0) is 11.2 Å². The van der Waals surface area contributed by atoms with Crippen molar-refractivity contribution in [3.63, 3.8) is 0 Å². The van der Waals surface area contributed by atoms with Gasteiger partial charge in [-0.15, -0.1) is 0 Å². The van der Waals surface area contributed by atoms with Gasteiger partial charge in [0.1, 0.15) is 5.69 Å². The molecule has 0 bridgehead atoms. The number of hydrogen-bond donors (Lipinski definition) is 3. The van der Waals surface area contributed by atoms with Gasteiger partial charge in [0, 0.05) is 43.7 Å². The third kappa shape index (κ3) is 6.26. The third-order valence-corrected chi connectivity index (χ3v) is 5.61. The second-order valence-corrected chi connectivity index (χ2v) is 8.23. The number of aromatic nitrogens is 3. The number of pyridine rings is 1. The van der Waals surface area contributed by atoms with Gasteiger partial charge in [0.25, 0.3) is 5.89 Å². The number of carbonyl (C=O) groups excluding carboxylic acids is 1. The van der Waals surface area contributed by atoms with E-state index in [0.29, 0.717) is 36.4 Å². The molecule has 31 heavy (non-hydrogen) atoms. The number of nitrogens with zero attached hydrogens (tertiary/aromatic N) is 4. The van der Waals surface area contributed by atoms with Crippen molar-refractivity contribution in [1.82, 2.24) is 31.1 Å². The van der Waals surface area contributed by atoms with Crippen LogP contribution in [-0.4, -0.2) is 52.2 Å². The standard InChI is InChI=1S/C22H31N7O2/c1-2-23-22(27-17-7-5-6-15(14-17)20(30)26-16-9-10-16)25-13-11-19-28-21(31-29-19)18-8-3-4-12-24-18/h3-4,8,12,15-17H,2,5-7,9-11,13-14H2,1H3,(H,26,30)(H2,23,25,27). The van der Waals surface area contributed by atoms with Gasteiger partial charge in [0.2, 0.25) is 5.91 Å². The molecule has 9 nitrogen and oxygen atoms in total. The zero-order chi connectivity index (χ0) is 21.5. The van der Waals surface area contributed by atoms with Crippen molar-refractivity contribution in [2.24, 2.45) is 10.9 Å². The Balaban J connectivity index is 1.29. The molecule has 4 rings (SSSR count). The predicted molar refractivity (Wildman–Crippen MR) is 117 cm³/mol. The lowest BCUT2D eigenvalue weighted by atomic mass is 9.85. The van der Waals surface area contributed by atoms with Crippen LogP contribution >= 0.6 is 0 Å². The van der Waals surface area contributed by atoms with E-state index in [-0.39, 0.29) is 17.9 Å². The van der Waals surface area contributed by atoms with Gasteiger partial charge in [-0.25, -0.2) is 0 Å². The maximum atomic E-state index is 12.4. The number of rotatable bonds is 8. The van der Waals surface area contributed by atoms with Gasteiger partial charge >= 0.3 is 0 Å². The fraction of sp³-hybridized carbons (Fsp3) is 0.591. The first kappa shape index (κ1) is 21.3. The van der Waals surface area contributed by atoms with Crippen LogP contribution in [0.25, 0.3) is 11.6 Å². The van der Waals surface area contributed by atoms with Crippen LogP contribution in [0.4, 0.5) is 0 Å². The molecule has 0 aromatic carbocycles. The maximum absolute atomic E-state index is 12.4. The average Bonchev–Trinajstić information content (AvgIpc) is 3.48. The van der Waals surface area contributed by atoms with Crippen LogP contribution in [0.1, 0.15) is 51.3 Å². The Bertz CT molecular complexity index is 879. The molecule has 166 valence electrons. The monoisotopic (exact) mass is 425 g/mol. The summed E-state index contributed by atoms with van der Waals surface area (Å²) in [4.78, 5) is 25.7. The van der Waals surface area contributed by atoms with Gasteiger partial charge < -0.3 is 20.5 Å². The molecular formula is C22H31N7O2. The minimum atomic E-state index is 0.0964. The van der Waals surface area contributed by atoms with Crippen molar-refractivity contribution >= 4 is 11.9 Å². The number of carbonyl (C=O) groups is 1. The van der Waals surface area contributed by atoms with E-state index < -0.39 is 0 Å². The summed E-state index contributed by atoms with van der Waals surface area (Å²) in [5, 5.41) is 14.0. The molecule has 1 amide bonds. The molecule has 2 aliphatic rings. The zero-order valence-electron chi connectivity index (χ0n) is 18.0. The van der Waals surface area contributed by atoms with E-state index in [2.05, 4.69) is 36.1 Å². The highest BCUT2D eigenvalue weighted by Crippen LogP contribution is 2.26. The van der Waals surface area contributed by atoms with Crippen LogP contribution in [0, 0.1) is 5.92 Å². The number of hydrogen-bond acceptors (Lipinski definition) is 6. The summed E-state index contributed by atoms with van der Waals surface area (Å²) in [6.07, 6.45) is 8.45. The summed E-state index contributed by atoms with van der Waals surface area (Å²) >= 11 is 0. The molecule has 2 atom stereocenters. The van der Waals surface area contributed by atoms with Crippen LogP contribution in [0.15, 0.2) is 33.9 Å². The summed E-state index contributed by atoms with van der Waals surface area (Å²) in [5.74, 6) is 2.11. The van der Waals surface area contributed by atoms with Gasteiger partial charge in [0.05, 0.1) is 0 Å². The first-order valence-electron chi connectivity index (χ1n) is 11.3. The minimum absolute atomic E-state index is 0.0964. The first-order valence-corrected chi connectivity index (χ1v) is 11.3. The molecule has 9 heteroatoms. The molecular weight excluding hydrogens is 394 g/mol. The van der Waals surface area contributed by atoms with Crippen LogP contribution in [0.5, 0.6) is 0 Å². The summed E-state index contributed by atoms with van der Waals surface area (Å²) in [7, 11) is 0. The second kappa shape index (κ2) is 10.4. The average molecular weight is 426 g/mol. The van der Waals surface area contributed by atoms with Crippen molar-refractivity contribution in [3.05, 3.63) is 30.2 Å². The van der Waals surface area contributed by atoms with Crippen molar-refractivity contribution in [2.45, 2.75) is 64.0 Å². The quantitative estimate of drug-likeness (QED) is 0.438. The second-order valence-electron chi connectivity index (χ2n) is 8.23. The van der Waals surface area contributed by atoms with Crippen molar-refractivity contribution in [1.29, 1.82) is 0 Å². The van der Waals surface area contributed by atoms with Crippen molar-refractivity contribution in [3.8, 4) is 11.6 Å². The molecule has 2 heterocycles. The minimum Gasteiger partial charge on any atom is -0.357 e. The molecule has 2 saturated carbocycles. The maximum Gasteiger partial charge on any atom is 0.276 e. The third-order valence-electron chi connectivity index (χ3n) is 5.61. The van der Waals surface area contributed by atoms with Gasteiger partial charge in [-0.05, 0) is 51.2 Å². The SMILES string of the molecule is CCNC(=NCCc1noc(-c2ccccn2)n1)NC1CCCC(C(=O)NC2CC2)C1. The molecule has 2 unspecified atom stereocenters. The highest BCUT2D eigenvalue weighted by molar-refractivity contribution is 5.81. The number of nitrogens with one attached hydrogen (secondary N) is 3. The summed E-state index contributed by atoms with van der Waals surface area (Å²) in [6, 6.07) is 6.24. The van der Waals surface area contributed by atoms with Crippen LogP contribution < -0.4 is 16.0 Å². The fourth-order valence-corrected chi connectivity index (χ4v) is 3.84. The lowest BCUT2D eigenvalue weighted by molar-refractivity contribution is -0.126. The molecule has 2 aromatic heterocycles. The molecule has 3 N–H and O–H groups in total. The van der Waals surface area contributed by atoms with Gasteiger partial charge in [-0.2, -0.15) is 4.98 Å². The molecule has 2 aromatic rings. The van der Waals surface area contributed by atoms with Crippen molar-refractivity contribution < 1.29 is 9.32 Å². The highest BCUT2D eigenvalue weighted by atomic mass is 16.5. The number of aliphatic imine (C=N–C) groups is 1. The van der Waals surface area contributed by atoms with E-state index in [9.17, 15) is 4.79 Å². The number of guanidine groups is 1. The molecule has 2 fully saturated rings. The Labute approximate surface area is 182 Å². The van der Waals surface area contributed by atoms with Crippen LogP contribution in [0.3, 0.4) is 0 Å². The summed E-state index contributed by atoms with van der Waals surface area (Å²) < 4.78 is 5.30. The lowest BCUT2D eigenvalue weighted by Gasteiger charge is -2.30. The van der Waals surface area contributed by atoms with E-state index in [4.69, 9.17) is 4.52 Å². The summed E-state index contributed by atoms with van der Waals surface area (Å²) in [6.45, 7) is 3.35. The first-order chi connectivity index (χ1) is 15.2. The lowest BCUT2D eigenvalue weighted by Crippen LogP contribution is -2.47. The molecule has 0 saturated heterocycles. The zero-order valence-corrected chi connectivity index (χ0v) is 18.0. The van der Waals surface area contributed by atoms with E-state index >= 15 is 0 Å². The van der Waals surface area contributed by atoms with E-state index in [1.165, 1.54) is 0 Å². The normalized spacial score (nSPS) is 21.5. The largest absolute Gasteiger partial charge is 0.357 e. The van der Waals surface area contributed by atoms with Gasteiger partial charge in [-0.3, -0.25) is 14.8 Å². The van der Waals surface area contributed by atoms with E-state index in [1.54, 1.807) is 6.20 Å². The highest BCUT2D eigenvalue weighted by Gasteiger charge is 2.31. The van der Waals surface area contributed by atoms with Gasteiger partial charge in [0.15, 0.2) is 11.8 Å². The number of amides is 1. The Morgan fingerprint density at radius 2 is 2.10 bits per heavy atom. The van der Waals surface area contributed by atoms with Gasteiger partial charge in [-0.1, -0.05) is 17.6 Å². The van der Waals surface area contributed by atoms with Crippen molar-refractivity contribution in [2.75, 3.05) is 13.1 Å². The predicted octanol–water partition coefficient (Wildman–Crippen LogP) is 2.07. The Hall–Kier alpha value is -2.97. The molecule has 0 radical (unpaired) electrons. The smallest absolute Gasteiger partial charge is 0.276 e.